The lowest BCUT2D eigenvalue weighted by Gasteiger charge is -2.43. The number of phenolic OH excluding ortho intramolecular Hbond substituents is 4. The Labute approximate surface area is 343 Å². The number of fused-ring (bicyclic) bond motifs is 2. The summed E-state index contributed by atoms with van der Waals surface area (Å²) in [6, 6.07) is 26.9. The number of unbranched alkanes of at least 4 members (excludes halogenated alkanes) is 9. The number of carbonyl (C=O) groups is 1. The number of benzene rings is 4. The van der Waals surface area contributed by atoms with Gasteiger partial charge in [0.15, 0.2) is 0 Å². The predicted molar refractivity (Wildman–Crippen MR) is 232 cm³/mol. The SMILES string of the molecule is CCCCCCCC[C@@H]1c2ccc(O)cc2SC[C@]1(C)c1ccc(O)cc1.C[C@]1(c2ccc(O)cc2)CSc2cc(O)ccc2[C@H]1CCCCCCCC(=O)O. The molecule has 302 valence electrons. The molecule has 4 aromatic rings. The Morgan fingerprint density at radius 3 is 1.34 bits per heavy atom. The molecule has 0 aliphatic carbocycles. The number of hydrogen-bond acceptors (Lipinski definition) is 7. The molecule has 0 saturated heterocycles. The molecule has 0 radical (unpaired) electrons. The summed E-state index contributed by atoms with van der Waals surface area (Å²) in [5.41, 5.74) is 5.17. The number of hydrogen-bond donors (Lipinski definition) is 5. The van der Waals surface area contributed by atoms with Crippen LogP contribution >= 0.6 is 23.5 Å². The molecule has 6 rings (SSSR count). The second-order valence-corrected chi connectivity index (χ2v) is 18.3. The van der Waals surface area contributed by atoms with Crippen molar-refractivity contribution in [3.63, 3.8) is 0 Å². The van der Waals surface area contributed by atoms with Crippen LogP contribution in [-0.2, 0) is 15.6 Å². The molecule has 2 aliphatic heterocycles. The Bertz CT molecular complexity index is 1840. The van der Waals surface area contributed by atoms with E-state index in [9.17, 15) is 25.2 Å². The van der Waals surface area contributed by atoms with Gasteiger partial charge in [-0.05, 0) is 102 Å². The van der Waals surface area contributed by atoms with Gasteiger partial charge in [0, 0.05) is 38.5 Å². The predicted octanol–water partition coefficient (Wildman–Crippen LogP) is 13.1. The standard InChI is InChI=1S/C24H30O4S.C24H32O2S/c1-24(17-9-11-18(25)12-10-17)16-29-22-15-19(26)13-14-20(22)21(24)7-5-3-2-4-6-8-23(27)28;1-3-4-5-6-7-8-9-22-21-15-14-20(26)16-23(21)27-17-24(22,2)18-10-12-19(25)13-11-18/h9-15,21,25-26H,2-8,16H2,1H3,(H,27,28);10-16,22,25-26H,3-9,17H2,1-2H3/t21-,24-;22-,24-/m11/s1. The van der Waals surface area contributed by atoms with Crippen LogP contribution in [0.1, 0.15) is 145 Å². The number of rotatable bonds is 17. The zero-order valence-electron chi connectivity index (χ0n) is 33.5. The van der Waals surface area contributed by atoms with E-state index >= 15 is 0 Å². The van der Waals surface area contributed by atoms with Crippen molar-refractivity contribution in [1.82, 2.24) is 0 Å². The molecule has 56 heavy (non-hydrogen) atoms. The molecule has 2 aliphatic rings. The zero-order chi connectivity index (χ0) is 40.1. The first-order chi connectivity index (χ1) is 26.9. The molecule has 0 bridgehead atoms. The van der Waals surface area contributed by atoms with Gasteiger partial charge in [-0.3, -0.25) is 4.79 Å². The van der Waals surface area contributed by atoms with Crippen LogP contribution < -0.4 is 0 Å². The Hall–Kier alpha value is -3.75. The molecule has 0 fully saturated rings. The summed E-state index contributed by atoms with van der Waals surface area (Å²) in [5.74, 6) is 3.25. The summed E-state index contributed by atoms with van der Waals surface area (Å²) < 4.78 is 0. The second-order valence-electron chi connectivity index (χ2n) is 16.3. The minimum atomic E-state index is -0.714. The summed E-state index contributed by atoms with van der Waals surface area (Å²) in [6.07, 6.45) is 15.3. The molecule has 6 nitrogen and oxygen atoms in total. The van der Waals surface area contributed by atoms with Gasteiger partial charge in [-0.25, -0.2) is 0 Å². The molecular weight excluding hydrogens is 737 g/mol. The van der Waals surface area contributed by atoms with Crippen molar-refractivity contribution in [1.29, 1.82) is 0 Å². The van der Waals surface area contributed by atoms with Gasteiger partial charge < -0.3 is 25.5 Å². The number of aromatic hydroxyl groups is 4. The van der Waals surface area contributed by atoms with Gasteiger partial charge in [0.1, 0.15) is 23.0 Å². The summed E-state index contributed by atoms with van der Waals surface area (Å²) in [7, 11) is 0. The Kier molecular flexibility index (Phi) is 16.0. The smallest absolute Gasteiger partial charge is 0.303 e. The number of phenols is 4. The molecule has 4 aromatic carbocycles. The molecular formula is C48H62O6S2. The summed E-state index contributed by atoms with van der Waals surface area (Å²) in [6.45, 7) is 6.93. The van der Waals surface area contributed by atoms with E-state index in [1.54, 1.807) is 42.1 Å². The van der Waals surface area contributed by atoms with Crippen LogP contribution in [0, 0.1) is 0 Å². The lowest BCUT2D eigenvalue weighted by Crippen LogP contribution is -2.36. The average molecular weight is 799 g/mol. The molecule has 0 amide bonds. The van der Waals surface area contributed by atoms with Gasteiger partial charge in [0.25, 0.3) is 0 Å². The van der Waals surface area contributed by atoms with Crippen molar-refractivity contribution in [3.05, 3.63) is 107 Å². The summed E-state index contributed by atoms with van der Waals surface area (Å²) in [4.78, 5) is 13.0. The normalized spacial score (nSPS) is 21.3. The molecule has 5 N–H and O–H groups in total. The fourth-order valence-corrected chi connectivity index (χ4v) is 11.5. The van der Waals surface area contributed by atoms with Gasteiger partial charge in [-0.15, -0.1) is 23.5 Å². The van der Waals surface area contributed by atoms with Crippen molar-refractivity contribution in [2.24, 2.45) is 0 Å². The zero-order valence-corrected chi connectivity index (χ0v) is 35.1. The van der Waals surface area contributed by atoms with Gasteiger partial charge in [-0.2, -0.15) is 0 Å². The molecule has 4 atom stereocenters. The van der Waals surface area contributed by atoms with Gasteiger partial charge in [0.05, 0.1) is 0 Å². The first-order valence-corrected chi connectivity index (χ1v) is 22.6. The fraction of sp³-hybridized carbons (Fsp3) is 0.479. The summed E-state index contributed by atoms with van der Waals surface area (Å²) >= 11 is 3.63. The topological polar surface area (TPSA) is 118 Å². The van der Waals surface area contributed by atoms with Crippen LogP contribution in [0.15, 0.2) is 94.7 Å². The minimum absolute atomic E-state index is 0.0335. The monoisotopic (exact) mass is 798 g/mol. The Morgan fingerprint density at radius 2 is 0.929 bits per heavy atom. The third-order valence-electron chi connectivity index (χ3n) is 12.1. The van der Waals surface area contributed by atoms with Crippen LogP contribution in [0.2, 0.25) is 0 Å². The van der Waals surface area contributed by atoms with Crippen molar-refractivity contribution < 1.29 is 30.3 Å². The third kappa shape index (κ3) is 11.2. The van der Waals surface area contributed by atoms with Gasteiger partial charge in [-0.1, -0.05) is 121 Å². The second kappa shape index (κ2) is 20.6. The number of aliphatic carboxylic acids is 1. The van der Waals surface area contributed by atoms with Crippen molar-refractivity contribution in [3.8, 4) is 23.0 Å². The molecule has 0 aromatic heterocycles. The van der Waals surface area contributed by atoms with E-state index in [4.69, 9.17) is 5.11 Å². The number of carboxylic acids is 1. The highest BCUT2D eigenvalue weighted by atomic mass is 32.2. The van der Waals surface area contributed by atoms with E-state index in [-0.39, 0.29) is 23.0 Å². The average Bonchev–Trinajstić information content (AvgIpc) is 3.18. The van der Waals surface area contributed by atoms with Crippen molar-refractivity contribution in [2.75, 3.05) is 11.5 Å². The molecule has 0 saturated carbocycles. The van der Waals surface area contributed by atoms with Crippen LogP contribution in [-0.4, -0.2) is 43.0 Å². The Morgan fingerprint density at radius 1 is 0.554 bits per heavy atom. The molecule has 0 unspecified atom stereocenters. The lowest BCUT2D eigenvalue weighted by atomic mass is 9.68. The quantitative estimate of drug-likeness (QED) is 0.0670. The minimum Gasteiger partial charge on any atom is -0.508 e. The van der Waals surface area contributed by atoms with Crippen LogP contribution in [0.25, 0.3) is 0 Å². The van der Waals surface area contributed by atoms with Crippen molar-refractivity contribution >= 4 is 29.5 Å². The molecule has 8 heteroatoms. The number of thioether (sulfide) groups is 2. The molecule has 2 heterocycles. The van der Waals surface area contributed by atoms with E-state index in [2.05, 4.69) is 45.0 Å². The van der Waals surface area contributed by atoms with E-state index in [1.807, 2.05) is 42.1 Å². The van der Waals surface area contributed by atoms with E-state index < -0.39 is 5.97 Å². The molecule has 0 spiro atoms. The van der Waals surface area contributed by atoms with Gasteiger partial charge in [0.2, 0.25) is 0 Å². The first-order valence-electron chi connectivity index (χ1n) is 20.7. The highest BCUT2D eigenvalue weighted by molar-refractivity contribution is 7.99. The first kappa shape index (κ1) is 43.4. The van der Waals surface area contributed by atoms with Crippen LogP contribution in [0.4, 0.5) is 0 Å². The fourth-order valence-electron chi connectivity index (χ4n) is 8.70. The van der Waals surface area contributed by atoms with E-state index in [0.29, 0.717) is 29.1 Å². The highest BCUT2D eigenvalue weighted by Crippen LogP contribution is 2.54. The highest BCUT2D eigenvalue weighted by Gasteiger charge is 2.42. The number of carboxylic acid groups (broad SMARTS) is 1. The van der Waals surface area contributed by atoms with E-state index in [1.165, 1.54) is 72.1 Å². The maximum Gasteiger partial charge on any atom is 0.303 e. The maximum atomic E-state index is 10.6. The van der Waals surface area contributed by atoms with Gasteiger partial charge >= 0.3 is 5.97 Å². The summed E-state index contributed by atoms with van der Waals surface area (Å²) in [5, 5.41) is 48.0. The van der Waals surface area contributed by atoms with E-state index in [0.717, 1.165) is 54.9 Å². The third-order valence-corrected chi connectivity index (χ3v) is 14.9. The maximum absolute atomic E-state index is 10.6. The lowest BCUT2D eigenvalue weighted by molar-refractivity contribution is -0.137. The van der Waals surface area contributed by atoms with Crippen molar-refractivity contribution in [2.45, 2.75) is 143 Å². The van der Waals surface area contributed by atoms with Crippen LogP contribution in [0.3, 0.4) is 0 Å². The van der Waals surface area contributed by atoms with Crippen LogP contribution in [0.5, 0.6) is 23.0 Å². The Balaban J connectivity index is 0.000000215. The largest absolute Gasteiger partial charge is 0.508 e.